The van der Waals surface area contributed by atoms with Crippen LogP contribution in [0, 0.1) is 19.7 Å². The van der Waals surface area contributed by atoms with Gasteiger partial charge in [-0.1, -0.05) is 6.07 Å². The monoisotopic (exact) mass is 327 g/mol. The molecule has 0 unspecified atom stereocenters. The van der Waals surface area contributed by atoms with Crippen molar-refractivity contribution in [3.8, 4) is 5.69 Å². The van der Waals surface area contributed by atoms with E-state index in [0.29, 0.717) is 24.1 Å². The minimum Gasteiger partial charge on any atom is -0.291 e. The Balaban J connectivity index is 1.48. The number of likely N-dealkylation sites (tertiary alicyclic amines) is 1. The third-order valence-corrected chi connectivity index (χ3v) is 4.27. The van der Waals surface area contributed by atoms with E-state index in [9.17, 15) is 4.39 Å². The first kappa shape index (κ1) is 14.9. The number of hydrogen-bond donors (Lipinski definition) is 0. The summed E-state index contributed by atoms with van der Waals surface area (Å²) >= 11 is 0. The minimum atomic E-state index is -0.331. The molecule has 1 aliphatic heterocycles. The highest BCUT2D eigenvalue weighted by Gasteiger charge is 2.30. The van der Waals surface area contributed by atoms with Gasteiger partial charge in [-0.2, -0.15) is 9.78 Å². The molecule has 0 amide bonds. The zero-order valence-corrected chi connectivity index (χ0v) is 13.6. The Morgan fingerprint density at radius 1 is 1.21 bits per heavy atom. The maximum Gasteiger partial charge on any atom is 0.170 e. The summed E-state index contributed by atoms with van der Waals surface area (Å²) in [6, 6.07) is 5.30. The van der Waals surface area contributed by atoms with Crippen LogP contribution in [-0.4, -0.2) is 48.0 Å². The second kappa shape index (κ2) is 5.79. The molecular weight excluding hydrogens is 309 g/mol. The highest BCUT2D eigenvalue weighted by Crippen LogP contribution is 2.23. The lowest BCUT2D eigenvalue weighted by molar-refractivity contribution is 0.0872. The fraction of sp³-hybridized carbons (Fsp3) is 0.375. The Hall–Kier alpha value is -2.61. The molecule has 0 radical (unpaired) electrons. The van der Waals surface area contributed by atoms with Crippen LogP contribution < -0.4 is 0 Å². The molecule has 1 aliphatic rings. The fourth-order valence-corrected chi connectivity index (χ4v) is 2.95. The molecule has 0 spiro atoms. The second-order valence-electron chi connectivity index (χ2n) is 6.31. The zero-order valence-electron chi connectivity index (χ0n) is 13.6. The van der Waals surface area contributed by atoms with Gasteiger partial charge in [0, 0.05) is 19.3 Å². The summed E-state index contributed by atoms with van der Waals surface area (Å²) in [6.07, 6.45) is 3.91. The Morgan fingerprint density at radius 2 is 2.04 bits per heavy atom. The van der Waals surface area contributed by atoms with Crippen molar-refractivity contribution in [1.29, 1.82) is 0 Å². The minimum absolute atomic E-state index is 0.331. The lowest BCUT2D eigenvalue weighted by Crippen LogP contribution is -2.47. The lowest BCUT2D eigenvalue weighted by Gasteiger charge is -2.38. The highest BCUT2D eigenvalue weighted by atomic mass is 19.1. The van der Waals surface area contributed by atoms with E-state index in [1.54, 1.807) is 12.1 Å². The first-order valence-corrected chi connectivity index (χ1v) is 7.87. The number of benzene rings is 1. The summed E-state index contributed by atoms with van der Waals surface area (Å²) in [6.45, 7) is 6.29. The Labute approximate surface area is 138 Å². The average Bonchev–Trinajstić information content (AvgIpc) is 3.14. The third kappa shape index (κ3) is 2.69. The predicted molar refractivity (Wildman–Crippen MR) is 85.1 cm³/mol. The van der Waals surface area contributed by atoms with Crippen LogP contribution in [-0.2, 0) is 6.54 Å². The molecule has 1 aromatic carbocycles. The molecule has 8 heteroatoms. The van der Waals surface area contributed by atoms with Crippen molar-refractivity contribution < 1.29 is 4.39 Å². The van der Waals surface area contributed by atoms with E-state index in [0.717, 1.165) is 24.2 Å². The van der Waals surface area contributed by atoms with Crippen LogP contribution in [0.5, 0.6) is 0 Å². The SMILES string of the molecule is Cc1ccc(F)c(-n2nnnc2CN2CC(n3cc(C)cn3)C2)c1. The molecule has 1 fully saturated rings. The van der Waals surface area contributed by atoms with Gasteiger partial charge in [0.2, 0.25) is 0 Å². The largest absolute Gasteiger partial charge is 0.291 e. The topological polar surface area (TPSA) is 64.7 Å². The lowest BCUT2D eigenvalue weighted by atomic mass is 10.1. The van der Waals surface area contributed by atoms with E-state index in [4.69, 9.17) is 0 Å². The van der Waals surface area contributed by atoms with Crippen molar-refractivity contribution in [1.82, 2.24) is 34.9 Å². The molecule has 1 saturated heterocycles. The number of tetrazole rings is 1. The van der Waals surface area contributed by atoms with Crippen molar-refractivity contribution >= 4 is 0 Å². The van der Waals surface area contributed by atoms with Gasteiger partial charge in [0.05, 0.1) is 18.8 Å². The maximum absolute atomic E-state index is 14.1. The van der Waals surface area contributed by atoms with E-state index in [-0.39, 0.29) is 5.82 Å². The van der Waals surface area contributed by atoms with Gasteiger partial charge >= 0.3 is 0 Å². The summed E-state index contributed by atoms with van der Waals surface area (Å²) < 4.78 is 17.6. The van der Waals surface area contributed by atoms with Crippen LogP contribution in [0.2, 0.25) is 0 Å². The molecule has 0 aliphatic carbocycles. The second-order valence-corrected chi connectivity index (χ2v) is 6.31. The molecular formula is C16H18FN7. The molecule has 0 bridgehead atoms. The van der Waals surface area contributed by atoms with Gasteiger partial charge in [0.15, 0.2) is 5.82 Å². The highest BCUT2D eigenvalue weighted by molar-refractivity contribution is 5.36. The Kier molecular flexibility index (Phi) is 3.61. The molecule has 3 heterocycles. The van der Waals surface area contributed by atoms with Crippen LogP contribution in [0.3, 0.4) is 0 Å². The number of aryl methyl sites for hydroxylation is 2. The van der Waals surface area contributed by atoms with Crippen LogP contribution in [0.1, 0.15) is 23.0 Å². The van der Waals surface area contributed by atoms with E-state index in [2.05, 4.69) is 25.5 Å². The molecule has 7 nitrogen and oxygen atoms in total. The number of aromatic nitrogens is 6. The summed E-state index contributed by atoms with van der Waals surface area (Å²) in [5, 5.41) is 16.1. The van der Waals surface area contributed by atoms with Gasteiger partial charge in [0.1, 0.15) is 11.5 Å². The summed E-state index contributed by atoms with van der Waals surface area (Å²) in [5.41, 5.74) is 2.51. The van der Waals surface area contributed by atoms with Gasteiger partial charge in [-0.05, 0) is 47.5 Å². The fourth-order valence-electron chi connectivity index (χ4n) is 2.95. The quantitative estimate of drug-likeness (QED) is 0.729. The van der Waals surface area contributed by atoms with Crippen molar-refractivity contribution in [3.63, 3.8) is 0 Å². The van der Waals surface area contributed by atoms with Crippen LogP contribution in [0.4, 0.5) is 4.39 Å². The van der Waals surface area contributed by atoms with E-state index in [1.807, 2.05) is 30.9 Å². The smallest absolute Gasteiger partial charge is 0.170 e. The summed E-state index contributed by atoms with van der Waals surface area (Å²) in [5.74, 6) is 0.303. The van der Waals surface area contributed by atoms with E-state index < -0.39 is 0 Å². The van der Waals surface area contributed by atoms with Crippen LogP contribution >= 0.6 is 0 Å². The van der Waals surface area contributed by atoms with Crippen molar-refractivity contribution in [2.45, 2.75) is 26.4 Å². The summed E-state index contributed by atoms with van der Waals surface area (Å²) in [7, 11) is 0. The van der Waals surface area contributed by atoms with Gasteiger partial charge in [-0.3, -0.25) is 9.58 Å². The zero-order chi connectivity index (χ0) is 16.7. The Bertz CT molecular complexity index is 863. The standard InChI is InChI=1S/C16H18FN7/c1-11-3-4-14(17)15(5-11)24-16(19-20-21-24)10-22-8-13(9-22)23-7-12(2)6-18-23/h3-7,13H,8-10H2,1-2H3. The molecule has 24 heavy (non-hydrogen) atoms. The van der Waals surface area contributed by atoms with E-state index >= 15 is 0 Å². The number of halogens is 1. The number of hydrogen-bond acceptors (Lipinski definition) is 5. The molecule has 4 rings (SSSR count). The van der Waals surface area contributed by atoms with E-state index in [1.165, 1.54) is 10.7 Å². The third-order valence-electron chi connectivity index (χ3n) is 4.27. The average molecular weight is 327 g/mol. The maximum atomic E-state index is 14.1. The van der Waals surface area contributed by atoms with Gasteiger partial charge in [0.25, 0.3) is 0 Å². The van der Waals surface area contributed by atoms with Crippen molar-refractivity contribution in [3.05, 3.63) is 53.4 Å². The molecule has 124 valence electrons. The number of rotatable bonds is 4. The molecule has 0 saturated carbocycles. The molecule has 2 aromatic heterocycles. The number of nitrogens with zero attached hydrogens (tertiary/aromatic N) is 7. The Morgan fingerprint density at radius 3 is 2.79 bits per heavy atom. The molecule has 0 atom stereocenters. The molecule has 3 aromatic rings. The van der Waals surface area contributed by atoms with Gasteiger partial charge in [-0.25, -0.2) is 4.39 Å². The first-order chi connectivity index (χ1) is 11.6. The van der Waals surface area contributed by atoms with Crippen LogP contribution in [0.25, 0.3) is 5.69 Å². The van der Waals surface area contributed by atoms with Gasteiger partial charge < -0.3 is 0 Å². The van der Waals surface area contributed by atoms with Gasteiger partial charge in [-0.15, -0.1) is 5.10 Å². The molecule has 0 N–H and O–H groups in total. The predicted octanol–water partition coefficient (Wildman–Crippen LogP) is 1.67. The first-order valence-electron chi connectivity index (χ1n) is 7.87. The van der Waals surface area contributed by atoms with Crippen molar-refractivity contribution in [2.24, 2.45) is 0 Å². The van der Waals surface area contributed by atoms with Crippen molar-refractivity contribution in [2.75, 3.05) is 13.1 Å². The normalized spacial score (nSPS) is 15.6. The van der Waals surface area contributed by atoms with Crippen LogP contribution in [0.15, 0.2) is 30.6 Å². The summed E-state index contributed by atoms with van der Waals surface area (Å²) in [4.78, 5) is 2.22.